The van der Waals surface area contributed by atoms with Crippen molar-refractivity contribution in [2.45, 2.75) is 26.3 Å². The van der Waals surface area contributed by atoms with E-state index in [4.69, 9.17) is 14.2 Å². The fraction of sp³-hybridized carbons (Fsp3) is 0.222. The standard InChI is InChI=1S/C27H24N2O6S/c1-4-6-17-11-16(7-9-19(17)30)12-22-25(31)29-24(18-8-10-20-21(13-18)35-14-34-20)23(26(32)33-5-2)15(3)28-27(29)36-22/h4,7-13,24,30H,1,5-6,14H2,2-3H3/b22-12+/t24-/m1/s1. The summed E-state index contributed by atoms with van der Waals surface area (Å²) in [6.07, 6.45) is 3.97. The molecule has 2 aliphatic heterocycles. The molecule has 0 unspecified atom stereocenters. The normalized spacial score (nSPS) is 16.5. The highest BCUT2D eigenvalue weighted by Crippen LogP contribution is 2.38. The number of rotatable bonds is 6. The predicted molar refractivity (Wildman–Crippen MR) is 135 cm³/mol. The number of ether oxygens (including phenoxy) is 3. The second kappa shape index (κ2) is 9.50. The zero-order valence-corrected chi connectivity index (χ0v) is 20.6. The molecule has 1 atom stereocenters. The number of fused-ring (bicyclic) bond motifs is 2. The van der Waals surface area contributed by atoms with E-state index in [1.807, 2.05) is 12.1 Å². The molecule has 0 saturated heterocycles. The number of carbonyl (C=O) groups excluding carboxylic acids is 1. The Morgan fingerprint density at radius 2 is 2.08 bits per heavy atom. The van der Waals surface area contributed by atoms with Crippen molar-refractivity contribution >= 4 is 23.4 Å². The first-order chi connectivity index (χ1) is 17.4. The zero-order valence-electron chi connectivity index (χ0n) is 19.8. The molecular weight excluding hydrogens is 480 g/mol. The van der Waals surface area contributed by atoms with Crippen LogP contribution in [0.5, 0.6) is 17.2 Å². The van der Waals surface area contributed by atoms with Gasteiger partial charge in [0.15, 0.2) is 16.3 Å². The molecule has 0 radical (unpaired) electrons. The fourth-order valence-corrected chi connectivity index (χ4v) is 5.40. The number of phenols is 1. The Balaban J connectivity index is 1.70. The molecular formula is C27H24N2O6S. The predicted octanol–water partition coefficient (Wildman–Crippen LogP) is 2.96. The average Bonchev–Trinajstić information content (AvgIpc) is 3.44. The summed E-state index contributed by atoms with van der Waals surface area (Å²) in [4.78, 5) is 31.8. The van der Waals surface area contributed by atoms with Crippen LogP contribution < -0.4 is 24.4 Å². The molecule has 0 amide bonds. The molecule has 0 bridgehead atoms. The van der Waals surface area contributed by atoms with Gasteiger partial charge in [-0.05, 0) is 67.3 Å². The first-order valence-electron chi connectivity index (χ1n) is 11.4. The van der Waals surface area contributed by atoms with Crippen molar-refractivity contribution in [3.63, 3.8) is 0 Å². The highest BCUT2D eigenvalue weighted by atomic mass is 32.1. The molecule has 36 heavy (non-hydrogen) atoms. The summed E-state index contributed by atoms with van der Waals surface area (Å²) in [7, 11) is 0. The summed E-state index contributed by atoms with van der Waals surface area (Å²) in [5, 5.41) is 10.1. The van der Waals surface area contributed by atoms with Gasteiger partial charge >= 0.3 is 5.97 Å². The Bertz CT molecular complexity index is 1600. The van der Waals surface area contributed by atoms with Crippen LogP contribution in [0.25, 0.3) is 6.08 Å². The van der Waals surface area contributed by atoms with Crippen LogP contribution in [0.1, 0.15) is 36.6 Å². The summed E-state index contributed by atoms with van der Waals surface area (Å²) < 4.78 is 18.3. The van der Waals surface area contributed by atoms with Crippen LogP contribution in [0.2, 0.25) is 0 Å². The number of hydrogen-bond donors (Lipinski definition) is 1. The molecule has 8 nitrogen and oxygen atoms in total. The Morgan fingerprint density at radius 3 is 2.86 bits per heavy atom. The lowest BCUT2D eigenvalue weighted by molar-refractivity contribution is -0.139. The van der Waals surface area contributed by atoms with E-state index in [-0.39, 0.29) is 24.7 Å². The van der Waals surface area contributed by atoms with Gasteiger partial charge in [0.2, 0.25) is 6.79 Å². The van der Waals surface area contributed by atoms with Crippen LogP contribution in [-0.4, -0.2) is 29.0 Å². The number of hydrogen-bond acceptors (Lipinski definition) is 8. The van der Waals surface area contributed by atoms with E-state index in [1.165, 1.54) is 15.9 Å². The summed E-state index contributed by atoms with van der Waals surface area (Å²) in [6.45, 7) is 7.51. The highest BCUT2D eigenvalue weighted by molar-refractivity contribution is 7.07. The second-order valence-corrected chi connectivity index (χ2v) is 9.31. The van der Waals surface area contributed by atoms with Crippen molar-refractivity contribution in [1.29, 1.82) is 0 Å². The van der Waals surface area contributed by atoms with Gasteiger partial charge in [0.1, 0.15) is 5.75 Å². The SMILES string of the molecule is C=CCc1cc(/C=c2/sc3n(c2=O)[C@H](c2ccc4c(c2)OCO4)C(C(=O)OCC)=C(C)N=3)ccc1O. The van der Waals surface area contributed by atoms with E-state index < -0.39 is 12.0 Å². The van der Waals surface area contributed by atoms with Crippen molar-refractivity contribution < 1.29 is 24.1 Å². The van der Waals surface area contributed by atoms with Gasteiger partial charge in [-0.1, -0.05) is 29.5 Å². The minimum Gasteiger partial charge on any atom is -0.508 e. The molecule has 2 aliphatic rings. The highest BCUT2D eigenvalue weighted by Gasteiger charge is 2.34. The molecule has 1 aromatic heterocycles. The molecule has 0 fully saturated rings. The summed E-state index contributed by atoms with van der Waals surface area (Å²) >= 11 is 1.24. The van der Waals surface area contributed by atoms with E-state index in [0.29, 0.717) is 49.7 Å². The number of allylic oxidation sites excluding steroid dienone is 2. The van der Waals surface area contributed by atoms with Gasteiger partial charge in [0, 0.05) is 0 Å². The maximum Gasteiger partial charge on any atom is 0.338 e. The number of aromatic hydroxyl groups is 1. The van der Waals surface area contributed by atoms with Gasteiger partial charge < -0.3 is 19.3 Å². The summed E-state index contributed by atoms with van der Waals surface area (Å²) in [5.74, 6) is 0.799. The monoisotopic (exact) mass is 504 g/mol. The number of carbonyl (C=O) groups is 1. The Hall–Kier alpha value is -4.11. The van der Waals surface area contributed by atoms with Gasteiger partial charge in [-0.3, -0.25) is 9.36 Å². The van der Waals surface area contributed by atoms with Crippen LogP contribution in [-0.2, 0) is 16.0 Å². The third kappa shape index (κ3) is 4.11. The summed E-state index contributed by atoms with van der Waals surface area (Å²) in [6, 6.07) is 9.78. The third-order valence-electron chi connectivity index (χ3n) is 5.99. The molecule has 184 valence electrons. The summed E-state index contributed by atoms with van der Waals surface area (Å²) in [5.41, 5.74) is 2.66. The van der Waals surface area contributed by atoms with Crippen LogP contribution in [0, 0.1) is 0 Å². The quantitative estimate of drug-likeness (QED) is 0.409. The third-order valence-corrected chi connectivity index (χ3v) is 6.98. The smallest absolute Gasteiger partial charge is 0.338 e. The van der Waals surface area contributed by atoms with Crippen molar-refractivity contribution in [3.8, 4) is 17.2 Å². The molecule has 9 heteroatoms. The Morgan fingerprint density at radius 1 is 1.28 bits per heavy atom. The number of benzene rings is 2. The maximum atomic E-state index is 13.7. The van der Waals surface area contributed by atoms with Crippen LogP contribution >= 0.6 is 11.3 Å². The van der Waals surface area contributed by atoms with E-state index in [9.17, 15) is 14.7 Å². The lowest BCUT2D eigenvalue weighted by atomic mass is 9.95. The lowest BCUT2D eigenvalue weighted by Crippen LogP contribution is -2.39. The molecule has 0 saturated carbocycles. The van der Waals surface area contributed by atoms with Crippen LogP contribution in [0.4, 0.5) is 0 Å². The minimum absolute atomic E-state index is 0.113. The van der Waals surface area contributed by atoms with Crippen molar-refractivity contribution in [2.75, 3.05) is 13.4 Å². The fourth-order valence-electron chi connectivity index (χ4n) is 4.36. The van der Waals surface area contributed by atoms with E-state index in [2.05, 4.69) is 11.6 Å². The van der Waals surface area contributed by atoms with E-state index in [0.717, 1.165) is 5.56 Å². The van der Waals surface area contributed by atoms with Crippen molar-refractivity contribution in [2.24, 2.45) is 4.99 Å². The van der Waals surface area contributed by atoms with E-state index >= 15 is 0 Å². The molecule has 5 rings (SSSR count). The molecule has 3 heterocycles. The largest absolute Gasteiger partial charge is 0.508 e. The maximum absolute atomic E-state index is 13.7. The van der Waals surface area contributed by atoms with E-state index in [1.54, 1.807) is 50.3 Å². The number of thiazole rings is 1. The molecule has 0 aliphatic carbocycles. The average molecular weight is 505 g/mol. The van der Waals surface area contributed by atoms with Crippen LogP contribution in [0.15, 0.2) is 70.1 Å². The number of esters is 1. The topological polar surface area (TPSA) is 99.4 Å². The first kappa shape index (κ1) is 23.6. The minimum atomic E-state index is -0.743. The molecule has 2 aromatic carbocycles. The van der Waals surface area contributed by atoms with Gasteiger partial charge in [-0.25, -0.2) is 9.79 Å². The van der Waals surface area contributed by atoms with Crippen LogP contribution in [0.3, 0.4) is 0 Å². The van der Waals surface area contributed by atoms with Gasteiger partial charge in [-0.15, -0.1) is 6.58 Å². The number of phenolic OH excluding ortho intramolecular Hbond substituents is 1. The number of aromatic nitrogens is 1. The van der Waals surface area contributed by atoms with Gasteiger partial charge in [0.05, 0.1) is 28.5 Å². The molecule has 3 aromatic rings. The molecule has 0 spiro atoms. The number of nitrogens with zero attached hydrogens (tertiary/aromatic N) is 2. The zero-order chi connectivity index (χ0) is 25.4. The second-order valence-electron chi connectivity index (χ2n) is 8.30. The Kier molecular flexibility index (Phi) is 6.24. The van der Waals surface area contributed by atoms with Gasteiger partial charge in [0.25, 0.3) is 5.56 Å². The first-order valence-corrected chi connectivity index (χ1v) is 12.2. The van der Waals surface area contributed by atoms with Crippen molar-refractivity contribution in [3.05, 3.63) is 96.7 Å². The van der Waals surface area contributed by atoms with Crippen molar-refractivity contribution in [1.82, 2.24) is 4.57 Å². The van der Waals surface area contributed by atoms with Gasteiger partial charge in [-0.2, -0.15) is 0 Å². The lowest BCUT2D eigenvalue weighted by Gasteiger charge is -2.24. The molecule has 1 N–H and O–H groups in total. The Labute approximate surface area is 210 Å².